The predicted molar refractivity (Wildman–Crippen MR) is 168 cm³/mol. The average molecular weight is 541 g/mol. The highest BCUT2D eigenvalue weighted by Crippen LogP contribution is 2.40. The number of rotatable bonds is 2. The van der Waals surface area contributed by atoms with Crippen LogP contribution in [0.3, 0.4) is 0 Å². The zero-order valence-electron chi connectivity index (χ0n) is 23.2. The van der Waals surface area contributed by atoms with E-state index in [0.29, 0.717) is 0 Å². The molecule has 198 valence electrons. The zero-order valence-corrected chi connectivity index (χ0v) is 24.0. The quantitative estimate of drug-likeness (QED) is 0.269. The molecule has 4 heterocycles. The second kappa shape index (κ2) is 10.5. The molecule has 0 atom stereocenters. The fourth-order valence-electron chi connectivity index (χ4n) is 6.51. The SMILES string of the molecule is Cc1c(C)c2c(c3c1CCNC(/C=C/c1nc4ccccc4s1)=C\C=C/C3)-c1c3c(cc[n+]1CC2)C=CC=CC3. The van der Waals surface area contributed by atoms with E-state index >= 15 is 0 Å². The lowest BCUT2D eigenvalue weighted by Crippen LogP contribution is -2.42. The van der Waals surface area contributed by atoms with Crippen molar-refractivity contribution in [2.24, 2.45) is 0 Å². The van der Waals surface area contributed by atoms with Crippen LogP contribution in [-0.2, 0) is 32.2 Å². The predicted octanol–water partition coefficient (Wildman–Crippen LogP) is 7.39. The lowest BCUT2D eigenvalue weighted by atomic mass is 9.79. The minimum absolute atomic E-state index is 0.897. The van der Waals surface area contributed by atoms with Gasteiger partial charge >= 0.3 is 0 Å². The summed E-state index contributed by atoms with van der Waals surface area (Å²) in [5.41, 5.74) is 15.4. The van der Waals surface area contributed by atoms with Gasteiger partial charge in [0.15, 0.2) is 12.7 Å². The molecule has 0 radical (unpaired) electrons. The summed E-state index contributed by atoms with van der Waals surface area (Å²) in [6.07, 6.45) is 26.3. The molecule has 0 fully saturated rings. The van der Waals surface area contributed by atoms with Crippen molar-refractivity contribution in [1.29, 1.82) is 0 Å². The molecule has 40 heavy (non-hydrogen) atoms. The second-order valence-corrected chi connectivity index (χ2v) is 11.9. The standard InChI is InChI=1S/C36H34N3S/c1-24-25(2)29-20-23-39-22-19-26-10-4-3-5-12-30(26)36(39)35(29)31-13-7-6-11-27(37-21-18-28(24)31)16-17-34-38-32-14-8-9-15-33(32)40-34/h3-11,14-17,19,22,37H,12-13,18,20-21,23H2,1-2H3/q+1/b7-6-,17-16+,27-11-. The Morgan fingerprint density at radius 1 is 0.875 bits per heavy atom. The number of nitrogens with one attached hydrogen (secondary N) is 1. The van der Waals surface area contributed by atoms with Gasteiger partial charge in [0.2, 0.25) is 5.69 Å². The molecule has 1 N–H and O–H groups in total. The van der Waals surface area contributed by atoms with Crippen molar-refractivity contribution in [3.63, 3.8) is 0 Å². The van der Waals surface area contributed by atoms with Crippen molar-refractivity contribution in [3.8, 4) is 11.3 Å². The lowest BCUT2D eigenvalue weighted by Gasteiger charge is -2.27. The maximum Gasteiger partial charge on any atom is 0.217 e. The average Bonchev–Trinajstić information content (AvgIpc) is 3.24. The van der Waals surface area contributed by atoms with Gasteiger partial charge in [-0.25, -0.2) is 4.98 Å². The van der Waals surface area contributed by atoms with Gasteiger partial charge in [-0.1, -0.05) is 48.6 Å². The molecule has 4 aromatic rings. The summed E-state index contributed by atoms with van der Waals surface area (Å²) in [6, 6.07) is 10.6. The van der Waals surface area contributed by atoms with Gasteiger partial charge in [0.1, 0.15) is 5.01 Å². The number of aryl methyl sites for hydroxylation is 1. The molecule has 1 aliphatic carbocycles. The molecule has 0 saturated carbocycles. The number of allylic oxidation sites excluding steroid dienone is 7. The molecule has 2 aliphatic heterocycles. The van der Waals surface area contributed by atoms with E-state index in [1.165, 1.54) is 49.3 Å². The minimum atomic E-state index is 0.897. The Kier molecular flexibility index (Phi) is 6.57. The van der Waals surface area contributed by atoms with E-state index in [0.717, 1.165) is 55.0 Å². The van der Waals surface area contributed by atoms with Crippen LogP contribution in [-0.4, -0.2) is 11.5 Å². The number of hydrogen-bond donors (Lipinski definition) is 1. The van der Waals surface area contributed by atoms with Crippen LogP contribution in [0, 0.1) is 13.8 Å². The summed E-state index contributed by atoms with van der Waals surface area (Å²) in [7, 11) is 0. The van der Waals surface area contributed by atoms with E-state index in [2.05, 4.69) is 109 Å². The molecule has 4 heteroatoms. The number of pyridine rings is 1. The first-order valence-electron chi connectivity index (χ1n) is 14.3. The van der Waals surface area contributed by atoms with E-state index in [-0.39, 0.29) is 0 Å². The van der Waals surface area contributed by atoms with Gasteiger partial charge in [-0.05, 0) is 96.9 Å². The molecule has 3 aliphatic rings. The molecule has 0 amide bonds. The Morgan fingerprint density at radius 3 is 2.65 bits per heavy atom. The van der Waals surface area contributed by atoms with E-state index in [1.807, 2.05) is 6.07 Å². The van der Waals surface area contributed by atoms with Gasteiger partial charge in [0.05, 0.1) is 15.8 Å². The highest BCUT2D eigenvalue weighted by molar-refractivity contribution is 7.19. The second-order valence-electron chi connectivity index (χ2n) is 10.9. The molecular weight excluding hydrogens is 506 g/mol. The first-order valence-corrected chi connectivity index (χ1v) is 15.2. The molecule has 0 bridgehead atoms. The minimum Gasteiger partial charge on any atom is -0.385 e. The van der Waals surface area contributed by atoms with Gasteiger partial charge in [-0.15, -0.1) is 11.3 Å². The van der Waals surface area contributed by atoms with Crippen LogP contribution in [0.2, 0.25) is 0 Å². The normalized spacial score (nSPS) is 18.2. The van der Waals surface area contributed by atoms with E-state index < -0.39 is 0 Å². The molecule has 3 nitrogen and oxygen atoms in total. The van der Waals surface area contributed by atoms with Crippen molar-refractivity contribution in [2.45, 2.75) is 46.1 Å². The van der Waals surface area contributed by atoms with Crippen LogP contribution >= 0.6 is 11.3 Å². The van der Waals surface area contributed by atoms with Crippen LogP contribution in [0.15, 0.2) is 84.8 Å². The number of nitrogens with zero attached hydrogens (tertiary/aromatic N) is 2. The van der Waals surface area contributed by atoms with Gasteiger partial charge in [0.25, 0.3) is 0 Å². The number of fused-ring (bicyclic) bond motifs is 8. The zero-order chi connectivity index (χ0) is 27.1. The molecular formula is C36H34N3S+. The van der Waals surface area contributed by atoms with E-state index in [9.17, 15) is 0 Å². The molecule has 0 spiro atoms. The van der Waals surface area contributed by atoms with Crippen molar-refractivity contribution in [2.75, 3.05) is 6.54 Å². The summed E-state index contributed by atoms with van der Waals surface area (Å²) in [5, 5.41) is 4.75. The smallest absolute Gasteiger partial charge is 0.217 e. The van der Waals surface area contributed by atoms with Crippen LogP contribution in [0.1, 0.15) is 44.0 Å². The van der Waals surface area contributed by atoms with Crippen molar-refractivity contribution >= 4 is 33.7 Å². The van der Waals surface area contributed by atoms with E-state index in [4.69, 9.17) is 4.98 Å². The fraction of sp³-hybridized carbons (Fsp3) is 0.222. The topological polar surface area (TPSA) is 28.8 Å². The highest BCUT2D eigenvalue weighted by Gasteiger charge is 2.32. The number of hydrogen-bond acceptors (Lipinski definition) is 3. The molecule has 0 unspecified atom stereocenters. The van der Waals surface area contributed by atoms with Crippen LogP contribution in [0.4, 0.5) is 0 Å². The Hall–Kier alpha value is -4.02. The van der Waals surface area contributed by atoms with Crippen LogP contribution in [0.25, 0.3) is 33.6 Å². The monoisotopic (exact) mass is 540 g/mol. The number of thiazole rings is 1. The Balaban J connectivity index is 1.27. The molecule has 2 aromatic carbocycles. The number of para-hydroxylation sites is 1. The van der Waals surface area contributed by atoms with Crippen LogP contribution in [0.5, 0.6) is 0 Å². The third-order valence-corrected chi connectivity index (χ3v) is 9.63. The highest BCUT2D eigenvalue weighted by atomic mass is 32.1. The summed E-state index contributed by atoms with van der Waals surface area (Å²) in [4.78, 5) is 4.77. The Bertz CT molecular complexity index is 1760. The van der Waals surface area contributed by atoms with Crippen molar-refractivity contribution < 1.29 is 4.57 Å². The fourth-order valence-corrected chi connectivity index (χ4v) is 7.38. The van der Waals surface area contributed by atoms with Crippen LogP contribution < -0.4 is 9.88 Å². The van der Waals surface area contributed by atoms with E-state index in [1.54, 1.807) is 16.9 Å². The Labute approximate surface area is 240 Å². The Morgan fingerprint density at radius 2 is 1.73 bits per heavy atom. The van der Waals surface area contributed by atoms with Crippen molar-refractivity contribution in [1.82, 2.24) is 10.3 Å². The maximum atomic E-state index is 4.77. The third kappa shape index (κ3) is 4.47. The largest absolute Gasteiger partial charge is 0.385 e. The molecule has 0 saturated heterocycles. The van der Waals surface area contributed by atoms with Crippen molar-refractivity contribution in [3.05, 3.63) is 129 Å². The summed E-state index contributed by atoms with van der Waals surface area (Å²) in [6.45, 7) is 6.63. The summed E-state index contributed by atoms with van der Waals surface area (Å²) in [5.74, 6) is 0. The summed E-state index contributed by atoms with van der Waals surface area (Å²) < 4.78 is 3.74. The first-order chi connectivity index (χ1) is 19.7. The van der Waals surface area contributed by atoms with Gasteiger partial charge < -0.3 is 5.32 Å². The van der Waals surface area contributed by atoms with Gasteiger partial charge in [-0.2, -0.15) is 4.57 Å². The molecule has 7 rings (SSSR count). The third-order valence-electron chi connectivity index (χ3n) is 8.63. The molecule has 2 aromatic heterocycles. The maximum absolute atomic E-state index is 4.77. The number of benzene rings is 2. The van der Waals surface area contributed by atoms with Gasteiger partial charge in [-0.3, -0.25) is 0 Å². The summed E-state index contributed by atoms with van der Waals surface area (Å²) >= 11 is 1.73. The number of aromatic nitrogens is 2. The van der Waals surface area contributed by atoms with Gasteiger partial charge in [0, 0.05) is 30.3 Å². The first kappa shape index (κ1) is 25.0. The lowest BCUT2D eigenvalue weighted by molar-refractivity contribution is -0.688.